The second-order valence-electron chi connectivity index (χ2n) is 3.78. The fourth-order valence-corrected chi connectivity index (χ4v) is 2.19. The highest BCUT2D eigenvalue weighted by Crippen LogP contribution is 2.17. The van der Waals surface area contributed by atoms with E-state index >= 15 is 0 Å². The van der Waals surface area contributed by atoms with Crippen LogP contribution in [0.3, 0.4) is 0 Å². The third-order valence-corrected chi connectivity index (χ3v) is 3.40. The van der Waals surface area contributed by atoms with Crippen LogP contribution < -0.4 is 11.1 Å². The molecule has 0 radical (unpaired) electrons. The summed E-state index contributed by atoms with van der Waals surface area (Å²) >= 11 is 1.40. The first kappa shape index (κ1) is 13.3. The van der Waals surface area contributed by atoms with E-state index in [4.69, 9.17) is 15.3 Å². The van der Waals surface area contributed by atoms with E-state index < -0.39 is 12.0 Å². The van der Waals surface area contributed by atoms with Crippen molar-refractivity contribution >= 4 is 23.2 Å². The Kier molecular flexibility index (Phi) is 3.98. The summed E-state index contributed by atoms with van der Waals surface area (Å²) in [4.78, 5) is 23.2. The highest BCUT2D eigenvalue weighted by atomic mass is 32.1. The van der Waals surface area contributed by atoms with Gasteiger partial charge < -0.3 is 20.6 Å². The van der Waals surface area contributed by atoms with Crippen LogP contribution in [0.2, 0.25) is 0 Å². The molecular weight excluding hydrogens is 268 g/mol. The first-order valence-electron chi connectivity index (χ1n) is 5.46. The summed E-state index contributed by atoms with van der Waals surface area (Å²) in [5.74, 6) is -1.28. The van der Waals surface area contributed by atoms with E-state index in [9.17, 15) is 9.59 Å². The van der Waals surface area contributed by atoms with Crippen LogP contribution in [0.1, 0.15) is 27.2 Å². The Morgan fingerprint density at radius 2 is 2.21 bits per heavy atom. The van der Waals surface area contributed by atoms with Gasteiger partial charge in [0.05, 0.1) is 6.54 Å². The number of hydrogen-bond donors (Lipinski definition) is 3. The quantitative estimate of drug-likeness (QED) is 0.766. The molecule has 0 bridgehead atoms. The Morgan fingerprint density at radius 1 is 1.42 bits per heavy atom. The van der Waals surface area contributed by atoms with Crippen molar-refractivity contribution in [3.05, 3.63) is 46.0 Å². The Labute approximate surface area is 112 Å². The maximum Gasteiger partial charge on any atom is 0.371 e. The average molecular weight is 280 g/mol. The van der Waals surface area contributed by atoms with Crippen LogP contribution in [-0.2, 0) is 11.3 Å². The van der Waals surface area contributed by atoms with Gasteiger partial charge in [0, 0.05) is 4.88 Å². The van der Waals surface area contributed by atoms with E-state index in [0.29, 0.717) is 5.76 Å². The van der Waals surface area contributed by atoms with Crippen LogP contribution in [0.15, 0.2) is 34.1 Å². The van der Waals surface area contributed by atoms with E-state index in [-0.39, 0.29) is 18.2 Å². The molecule has 4 N–H and O–H groups in total. The number of nitrogens with two attached hydrogens (primary N) is 1. The molecule has 1 atom stereocenters. The van der Waals surface area contributed by atoms with Gasteiger partial charge in [-0.2, -0.15) is 0 Å². The summed E-state index contributed by atoms with van der Waals surface area (Å²) in [6.07, 6.45) is 0. The number of carbonyl (C=O) groups is 2. The van der Waals surface area contributed by atoms with Gasteiger partial charge in [-0.1, -0.05) is 6.07 Å². The zero-order valence-electron chi connectivity index (χ0n) is 9.83. The second-order valence-corrected chi connectivity index (χ2v) is 4.76. The highest BCUT2D eigenvalue weighted by molar-refractivity contribution is 7.10. The normalized spacial score (nSPS) is 12.1. The Morgan fingerprint density at radius 3 is 2.79 bits per heavy atom. The number of aromatic carboxylic acids is 1. The van der Waals surface area contributed by atoms with Gasteiger partial charge in [0.15, 0.2) is 0 Å². The molecule has 0 fully saturated rings. The first-order chi connectivity index (χ1) is 9.08. The lowest BCUT2D eigenvalue weighted by molar-refractivity contribution is -0.122. The van der Waals surface area contributed by atoms with E-state index in [1.54, 1.807) is 6.07 Å². The number of hydrogen-bond acceptors (Lipinski definition) is 5. The summed E-state index contributed by atoms with van der Waals surface area (Å²) in [7, 11) is 0. The second kappa shape index (κ2) is 5.68. The van der Waals surface area contributed by atoms with Crippen LogP contribution >= 0.6 is 11.3 Å². The summed E-state index contributed by atoms with van der Waals surface area (Å²) < 4.78 is 5.01. The lowest BCUT2D eigenvalue weighted by atomic mass is 10.2. The first-order valence-corrected chi connectivity index (χ1v) is 6.34. The largest absolute Gasteiger partial charge is 0.475 e. The molecule has 0 saturated heterocycles. The van der Waals surface area contributed by atoms with Crippen LogP contribution in [0.4, 0.5) is 0 Å². The highest BCUT2D eigenvalue weighted by Gasteiger charge is 2.17. The van der Waals surface area contributed by atoms with Gasteiger partial charge in [0.2, 0.25) is 11.7 Å². The predicted octanol–water partition coefficient (Wildman–Crippen LogP) is 1.36. The molecule has 2 heterocycles. The van der Waals surface area contributed by atoms with Crippen molar-refractivity contribution in [3.8, 4) is 0 Å². The van der Waals surface area contributed by atoms with Gasteiger partial charge in [0.25, 0.3) is 0 Å². The van der Waals surface area contributed by atoms with Crippen molar-refractivity contribution in [2.75, 3.05) is 0 Å². The third kappa shape index (κ3) is 3.21. The molecule has 6 nitrogen and oxygen atoms in total. The molecule has 0 aromatic carbocycles. The topological polar surface area (TPSA) is 106 Å². The van der Waals surface area contributed by atoms with Crippen molar-refractivity contribution < 1.29 is 19.1 Å². The number of carbonyl (C=O) groups excluding carboxylic acids is 1. The molecule has 19 heavy (non-hydrogen) atoms. The molecule has 0 aliphatic heterocycles. The van der Waals surface area contributed by atoms with Crippen molar-refractivity contribution in [1.82, 2.24) is 5.32 Å². The van der Waals surface area contributed by atoms with Crippen molar-refractivity contribution in [3.63, 3.8) is 0 Å². The van der Waals surface area contributed by atoms with Crippen molar-refractivity contribution in [2.24, 2.45) is 5.73 Å². The molecule has 2 aromatic heterocycles. The van der Waals surface area contributed by atoms with Crippen molar-refractivity contribution in [1.29, 1.82) is 0 Å². The Hall–Kier alpha value is -2.12. The zero-order valence-corrected chi connectivity index (χ0v) is 10.6. The molecule has 2 aromatic rings. The molecule has 7 heteroatoms. The summed E-state index contributed by atoms with van der Waals surface area (Å²) in [5.41, 5.74) is 5.77. The summed E-state index contributed by atoms with van der Waals surface area (Å²) in [5, 5.41) is 13.1. The van der Waals surface area contributed by atoms with Gasteiger partial charge in [-0.3, -0.25) is 4.79 Å². The number of carboxylic acid groups (broad SMARTS) is 1. The smallest absolute Gasteiger partial charge is 0.371 e. The third-order valence-electron chi connectivity index (χ3n) is 2.44. The molecular formula is C12H12N2O4S. The summed E-state index contributed by atoms with van der Waals surface area (Å²) in [6.45, 7) is 0.102. The van der Waals surface area contributed by atoms with Gasteiger partial charge in [0.1, 0.15) is 11.8 Å². The van der Waals surface area contributed by atoms with E-state index in [1.165, 1.54) is 23.5 Å². The lowest BCUT2D eigenvalue weighted by Gasteiger charge is -2.09. The average Bonchev–Trinajstić information content (AvgIpc) is 3.05. The molecule has 1 amide bonds. The zero-order chi connectivity index (χ0) is 13.8. The molecule has 1 unspecified atom stereocenters. The number of rotatable bonds is 5. The molecule has 2 rings (SSSR count). The van der Waals surface area contributed by atoms with Gasteiger partial charge >= 0.3 is 5.97 Å². The fourth-order valence-electron chi connectivity index (χ4n) is 1.47. The van der Waals surface area contributed by atoms with E-state index in [2.05, 4.69) is 5.32 Å². The minimum absolute atomic E-state index is 0.102. The Balaban J connectivity index is 1.91. The molecule has 0 aliphatic carbocycles. The monoisotopic (exact) mass is 280 g/mol. The summed E-state index contributed by atoms with van der Waals surface area (Å²) in [6, 6.07) is 5.71. The SMILES string of the molecule is NC(C(=O)NCc1ccc(C(=O)O)o1)c1cccs1. The lowest BCUT2D eigenvalue weighted by Crippen LogP contribution is -2.33. The standard InChI is InChI=1S/C12H12N2O4S/c13-10(9-2-1-5-19-9)11(15)14-6-7-3-4-8(18-7)12(16)17/h1-5,10H,6,13H2,(H,14,15)(H,16,17). The maximum atomic E-state index is 11.8. The fraction of sp³-hybridized carbons (Fsp3) is 0.167. The minimum atomic E-state index is -1.15. The van der Waals surface area contributed by atoms with Gasteiger partial charge in [-0.25, -0.2) is 4.79 Å². The maximum absolute atomic E-state index is 11.8. The predicted molar refractivity (Wildman–Crippen MR) is 68.8 cm³/mol. The van der Waals surface area contributed by atoms with Crippen LogP contribution in [0.25, 0.3) is 0 Å². The van der Waals surface area contributed by atoms with Crippen LogP contribution in [-0.4, -0.2) is 17.0 Å². The number of carboxylic acids is 1. The Bertz CT molecular complexity index is 576. The van der Waals surface area contributed by atoms with Crippen LogP contribution in [0, 0.1) is 0 Å². The molecule has 100 valence electrons. The minimum Gasteiger partial charge on any atom is -0.475 e. The van der Waals surface area contributed by atoms with E-state index in [1.807, 2.05) is 11.4 Å². The number of furan rings is 1. The number of nitrogens with one attached hydrogen (secondary N) is 1. The van der Waals surface area contributed by atoms with Gasteiger partial charge in [-0.15, -0.1) is 11.3 Å². The molecule has 0 saturated carbocycles. The van der Waals surface area contributed by atoms with E-state index in [0.717, 1.165) is 4.88 Å². The molecule has 0 aliphatic rings. The van der Waals surface area contributed by atoms with Gasteiger partial charge in [-0.05, 0) is 23.6 Å². The number of amides is 1. The van der Waals surface area contributed by atoms with Crippen molar-refractivity contribution in [2.45, 2.75) is 12.6 Å². The number of thiophene rings is 1. The van der Waals surface area contributed by atoms with Crippen LogP contribution in [0.5, 0.6) is 0 Å². The molecule has 0 spiro atoms.